The number of benzene rings is 1. The lowest BCUT2D eigenvalue weighted by molar-refractivity contribution is -0.122. The maximum atomic E-state index is 11.4. The van der Waals surface area contributed by atoms with Crippen molar-refractivity contribution in [3.63, 3.8) is 0 Å². The normalized spacial score (nSPS) is 14.8. The molecule has 0 radical (unpaired) electrons. The largest absolute Gasteiger partial charge is 0.293 e. The minimum absolute atomic E-state index is 0.147. The van der Waals surface area contributed by atoms with Crippen LogP contribution in [0.4, 0.5) is 0 Å². The number of hydrogen-bond acceptors (Lipinski definition) is 4. The van der Waals surface area contributed by atoms with Gasteiger partial charge in [-0.05, 0) is 35.7 Å². The fraction of sp³-hybridized carbons (Fsp3) is 0.267. The maximum absolute atomic E-state index is 11.4. The lowest BCUT2D eigenvalue weighted by Crippen LogP contribution is -2.42. The average molecular weight is 322 g/mol. The molecule has 2 aromatic rings. The van der Waals surface area contributed by atoms with Crippen molar-refractivity contribution in [3.8, 4) is 10.4 Å². The Balaban J connectivity index is 1.78. The lowest BCUT2D eigenvalue weighted by Gasteiger charge is -2.25. The number of carbonyl (C=O) groups is 1. The van der Waals surface area contributed by atoms with E-state index in [9.17, 15) is 4.79 Å². The zero-order chi connectivity index (χ0) is 14.8. The molecule has 1 aromatic carbocycles. The van der Waals surface area contributed by atoms with Crippen LogP contribution in [0.2, 0.25) is 5.02 Å². The van der Waals surface area contributed by atoms with Crippen LogP contribution in [0, 0.1) is 0 Å². The third kappa shape index (κ3) is 3.27. The van der Waals surface area contributed by atoms with E-state index in [1.807, 2.05) is 35.6 Å². The molecule has 0 saturated heterocycles. The highest BCUT2D eigenvalue weighted by molar-refractivity contribution is 7.15. The number of thiophene rings is 1. The molecular formula is C15H16ClN3OS. The number of hydrogen-bond donors (Lipinski definition) is 2. The summed E-state index contributed by atoms with van der Waals surface area (Å²) >= 11 is 7.76. The van der Waals surface area contributed by atoms with Crippen LogP contribution in [0.1, 0.15) is 10.4 Å². The summed E-state index contributed by atoms with van der Waals surface area (Å²) in [7, 11) is 0. The van der Waals surface area contributed by atoms with Crippen LogP contribution in [-0.2, 0) is 17.8 Å². The van der Waals surface area contributed by atoms with Gasteiger partial charge in [0.15, 0.2) is 0 Å². The van der Waals surface area contributed by atoms with Crippen LogP contribution in [0.15, 0.2) is 30.3 Å². The highest BCUT2D eigenvalue weighted by Crippen LogP contribution is 2.35. The van der Waals surface area contributed by atoms with Crippen molar-refractivity contribution in [2.24, 2.45) is 5.84 Å². The van der Waals surface area contributed by atoms with Crippen molar-refractivity contribution in [1.82, 2.24) is 10.3 Å². The molecule has 3 rings (SSSR count). The van der Waals surface area contributed by atoms with Gasteiger partial charge in [0.1, 0.15) is 0 Å². The molecule has 0 unspecified atom stereocenters. The number of nitrogens with one attached hydrogen (secondary N) is 1. The van der Waals surface area contributed by atoms with Gasteiger partial charge in [-0.25, -0.2) is 5.84 Å². The zero-order valence-corrected chi connectivity index (χ0v) is 13.0. The molecule has 0 bridgehead atoms. The van der Waals surface area contributed by atoms with Gasteiger partial charge in [-0.15, -0.1) is 11.3 Å². The molecule has 4 nitrogen and oxygen atoms in total. The van der Waals surface area contributed by atoms with Crippen molar-refractivity contribution >= 4 is 28.8 Å². The predicted molar refractivity (Wildman–Crippen MR) is 86.1 cm³/mol. The Morgan fingerprint density at radius 1 is 1.38 bits per heavy atom. The van der Waals surface area contributed by atoms with Gasteiger partial charge in [-0.2, -0.15) is 0 Å². The van der Waals surface area contributed by atoms with Crippen molar-refractivity contribution < 1.29 is 4.79 Å². The molecule has 1 aliphatic heterocycles. The molecule has 0 spiro atoms. The van der Waals surface area contributed by atoms with Crippen LogP contribution in [0.5, 0.6) is 0 Å². The van der Waals surface area contributed by atoms with E-state index < -0.39 is 0 Å². The van der Waals surface area contributed by atoms with Gasteiger partial charge >= 0.3 is 0 Å². The van der Waals surface area contributed by atoms with Crippen molar-refractivity contribution in [2.75, 3.05) is 13.1 Å². The zero-order valence-electron chi connectivity index (χ0n) is 11.4. The molecule has 110 valence electrons. The predicted octanol–water partition coefficient (Wildman–Crippen LogP) is 2.42. The first kappa shape index (κ1) is 14.5. The summed E-state index contributed by atoms with van der Waals surface area (Å²) in [5.74, 6) is 4.99. The summed E-state index contributed by atoms with van der Waals surface area (Å²) < 4.78 is 0. The Labute approximate surface area is 132 Å². The van der Waals surface area contributed by atoms with E-state index in [1.54, 1.807) is 0 Å². The van der Waals surface area contributed by atoms with Gasteiger partial charge in [0.05, 0.1) is 6.54 Å². The average Bonchev–Trinajstić information content (AvgIpc) is 2.91. The number of nitrogens with zero attached hydrogens (tertiary/aromatic N) is 1. The third-order valence-corrected chi connectivity index (χ3v) is 5.14. The second kappa shape index (κ2) is 6.15. The first-order valence-electron chi connectivity index (χ1n) is 6.75. The Morgan fingerprint density at radius 2 is 2.14 bits per heavy atom. The van der Waals surface area contributed by atoms with Gasteiger partial charge in [-0.1, -0.05) is 23.7 Å². The summed E-state index contributed by atoms with van der Waals surface area (Å²) in [5.41, 5.74) is 4.67. The Kier molecular flexibility index (Phi) is 4.26. The minimum atomic E-state index is -0.147. The van der Waals surface area contributed by atoms with E-state index in [0.717, 1.165) is 24.5 Å². The van der Waals surface area contributed by atoms with E-state index in [1.165, 1.54) is 20.9 Å². The molecule has 0 atom stereocenters. The first-order valence-corrected chi connectivity index (χ1v) is 7.94. The highest BCUT2D eigenvalue weighted by Gasteiger charge is 2.21. The van der Waals surface area contributed by atoms with Crippen LogP contribution >= 0.6 is 22.9 Å². The van der Waals surface area contributed by atoms with E-state index in [-0.39, 0.29) is 5.91 Å². The first-order chi connectivity index (χ1) is 10.2. The fourth-order valence-electron chi connectivity index (χ4n) is 2.53. The molecule has 0 saturated carbocycles. The van der Waals surface area contributed by atoms with E-state index >= 15 is 0 Å². The second-order valence-electron chi connectivity index (χ2n) is 5.09. The molecule has 6 heteroatoms. The summed E-state index contributed by atoms with van der Waals surface area (Å²) in [4.78, 5) is 16.1. The Hall–Kier alpha value is -1.40. The maximum Gasteiger partial charge on any atom is 0.248 e. The molecule has 0 aliphatic carbocycles. The molecule has 1 aliphatic rings. The van der Waals surface area contributed by atoms with E-state index in [4.69, 9.17) is 17.4 Å². The Bertz CT molecular complexity index is 653. The smallest absolute Gasteiger partial charge is 0.248 e. The van der Waals surface area contributed by atoms with Gasteiger partial charge in [0.25, 0.3) is 0 Å². The second-order valence-corrected chi connectivity index (χ2v) is 6.67. The molecule has 2 heterocycles. The van der Waals surface area contributed by atoms with Gasteiger partial charge < -0.3 is 0 Å². The fourth-order valence-corrected chi connectivity index (χ4v) is 3.83. The molecule has 21 heavy (non-hydrogen) atoms. The number of amides is 1. The van der Waals surface area contributed by atoms with Gasteiger partial charge in [0.2, 0.25) is 5.91 Å². The summed E-state index contributed by atoms with van der Waals surface area (Å²) in [6, 6.07) is 10.1. The van der Waals surface area contributed by atoms with Crippen molar-refractivity contribution in [3.05, 3.63) is 45.8 Å². The van der Waals surface area contributed by atoms with Crippen LogP contribution in [0.25, 0.3) is 10.4 Å². The van der Waals surface area contributed by atoms with Crippen LogP contribution < -0.4 is 11.3 Å². The Morgan fingerprint density at radius 3 is 2.86 bits per heavy atom. The van der Waals surface area contributed by atoms with Crippen molar-refractivity contribution in [1.29, 1.82) is 0 Å². The molecule has 3 N–H and O–H groups in total. The topological polar surface area (TPSA) is 58.4 Å². The summed E-state index contributed by atoms with van der Waals surface area (Å²) in [6.07, 6.45) is 0.978. The SMILES string of the molecule is NNC(=O)CN1CCc2sc(-c3ccc(Cl)cc3)cc2C1. The highest BCUT2D eigenvalue weighted by atomic mass is 35.5. The van der Waals surface area contributed by atoms with Gasteiger partial charge in [-0.3, -0.25) is 15.1 Å². The molecule has 1 amide bonds. The van der Waals surface area contributed by atoms with Crippen LogP contribution in [0.3, 0.4) is 0 Å². The van der Waals surface area contributed by atoms with Crippen LogP contribution in [-0.4, -0.2) is 23.9 Å². The van der Waals surface area contributed by atoms with Gasteiger partial charge in [0, 0.05) is 27.9 Å². The lowest BCUT2D eigenvalue weighted by atomic mass is 10.1. The molecular weight excluding hydrogens is 306 g/mol. The molecule has 0 fully saturated rings. The number of nitrogens with two attached hydrogens (primary N) is 1. The van der Waals surface area contributed by atoms with E-state index in [2.05, 4.69) is 16.4 Å². The monoisotopic (exact) mass is 321 g/mol. The summed E-state index contributed by atoms with van der Waals surface area (Å²) in [6.45, 7) is 2.04. The number of hydrazine groups is 1. The summed E-state index contributed by atoms with van der Waals surface area (Å²) in [5, 5.41) is 0.749. The standard InChI is InChI=1S/C15H16ClN3OS/c16-12-3-1-10(2-4-12)14-7-11-8-19(9-15(20)18-17)6-5-13(11)21-14/h1-4,7H,5-6,8-9,17H2,(H,18,20). The number of halogens is 1. The third-order valence-electron chi connectivity index (χ3n) is 3.60. The quantitative estimate of drug-likeness (QED) is 0.518. The molecule has 1 aromatic heterocycles. The van der Waals surface area contributed by atoms with E-state index in [0.29, 0.717) is 6.54 Å². The number of rotatable bonds is 3. The number of fused-ring (bicyclic) bond motifs is 1. The minimum Gasteiger partial charge on any atom is -0.293 e. The number of carbonyl (C=O) groups excluding carboxylic acids is 1. The van der Waals surface area contributed by atoms with Crippen molar-refractivity contribution in [2.45, 2.75) is 13.0 Å².